The molecule has 212 valence electrons. The van der Waals surface area contributed by atoms with Crippen molar-refractivity contribution in [3.05, 3.63) is 59.3 Å². The first kappa shape index (κ1) is 27.5. The Labute approximate surface area is 232 Å². The van der Waals surface area contributed by atoms with Gasteiger partial charge >= 0.3 is 0 Å². The fourth-order valence-electron chi connectivity index (χ4n) is 5.06. The van der Waals surface area contributed by atoms with Gasteiger partial charge in [0.1, 0.15) is 30.2 Å². The number of amides is 2. The van der Waals surface area contributed by atoms with Gasteiger partial charge in [-0.15, -0.1) is 5.10 Å². The number of aromatic amines is 1. The summed E-state index contributed by atoms with van der Waals surface area (Å²) in [5.41, 5.74) is 3.48. The van der Waals surface area contributed by atoms with Crippen LogP contribution in [0.1, 0.15) is 47.1 Å². The van der Waals surface area contributed by atoms with E-state index in [1.165, 1.54) is 17.5 Å². The molecule has 0 aliphatic carbocycles. The zero-order valence-electron chi connectivity index (χ0n) is 22.5. The molecule has 1 aromatic carbocycles. The van der Waals surface area contributed by atoms with Gasteiger partial charge in [-0.1, -0.05) is 11.3 Å². The number of benzene rings is 1. The van der Waals surface area contributed by atoms with Crippen LogP contribution in [0, 0.1) is 0 Å². The summed E-state index contributed by atoms with van der Waals surface area (Å²) in [5.74, 6) is 1.09. The minimum Gasteiger partial charge on any atom is -0.487 e. The predicted molar refractivity (Wildman–Crippen MR) is 145 cm³/mol. The van der Waals surface area contributed by atoms with Crippen LogP contribution < -0.4 is 15.4 Å². The molecule has 1 atom stereocenters. The number of carbonyl (C=O) groups is 2. The highest BCUT2D eigenvalue weighted by atomic mass is 16.5. The summed E-state index contributed by atoms with van der Waals surface area (Å²) in [6.45, 7) is 5.45. The average Bonchev–Trinajstić information content (AvgIpc) is 3.49. The number of aliphatic hydroxyl groups excluding tert-OH is 1. The monoisotopic (exact) mass is 549 g/mol. The van der Waals surface area contributed by atoms with Crippen LogP contribution in [0.5, 0.6) is 5.75 Å². The molecule has 13 heteroatoms. The Morgan fingerprint density at radius 1 is 1.18 bits per heavy atom. The number of fused-ring (bicyclic) bond motifs is 1. The minimum absolute atomic E-state index is 0.0896. The molecule has 2 amide bonds. The normalized spacial score (nSPS) is 16.7. The molecule has 0 bridgehead atoms. The summed E-state index contributed by atoms with van der Waals surface area (Å²) in [6, 6.07) is 7.86. The van der Waals surface area contributed by atoms with Crippen LogP contribution in [0.4, 0.5) is 5.82 Å². The maximum atomic E-state index is 12.7. The molecule has 0 radical (unpaired) electrons. The van der Waals surface area contributed by atoms with E-state index >= 15 is 0 Å². The highest BCUT2D eigenvalue weighted by molar-refractivity contribution is 5.92. The van der Waals surface area contributed by atoms with Gasteiger partial charge in [-0.3, -0.25) is 19.6 Å². The van der Waals surface area contributed by atoms with Crippen LogP contribution in [0.3, 0.4) is 0 Å². The number of hydrogen-bond donors (Lipinski definition) is 4. The van der Waals surface area contributed by atoms with Gasteiger partial charge in [0.15, 0.2) is 0 Å². The first-order valence-electron chi connectivity index (χ1n) is 13.5. The Morgan fingerprint density at radius 2 is 2.02 bits per heavy atom. The zero-order chi connectivity index (χ0) is 27.9. The van der Waals surface area contributed by atoms with Crippen molar-refractivity contribution in [2.75, 3.05) is 38.0 Å². The number of carbonyl (C=O) groups excluding carboxylic acids is 2. The van der Waals surface area contributed by atoms with E-state index in [0.717, 1.165) is 43.8 Å². The molecule has 2 aliphatic rings. The topological polar surface area (TPSA) is 161 Å². The Bertz CT molecular complexity index is 1290. The van der Waals surface area contributed by atoms with Crippen molar-refractivity contribution >= 4 is 17.6 Å². The SMILES string of the molecule is CC(=O)N1CCC(Nc2cc(C(=O)NC[C@H](O)CN3CCc4cc(OCc5cnn[nH]5)ccc4C3)ncn2)CC1. The van der Waals surface area contributed by atoms with Crippen LogP contribution in [-0.2, 0) is 24.4 Å². The number of aliphatic hydroxyl groups is 1. The van der Waals surface area contributed by atoms with E-state index in [1.807, 2.05) is 11.0 Å². The summed E-state index contributed by atoms with van der Waals surface area (Å²) >= 11 is 0. The summed E-state index contributed by atoms with van der Waals surface area (Å²) < 4.78 is 5.82. The van der Waals surface area contributed by atoms with Gasteiger partial charge < -0.3 is 25.4 Å². The summed E-state index contributed by atoms with van der Waals surface area (Å²) in [4.78, 5) is 36.6. The number of hydrogen-bond acceptors (Lipinski definition) is 10. The Balaban J connectivity index is 1.05. The van der Waals surface area contributed by atoms with Crippen LogP contribution in [0.15, 0.2) is 36.8 Å². The lowest BCUT2D eigenvalue weighted by Crippen LogP contribution is -2.42. The van der Waals surface area contributed by atoms with Crippen molar-refractivity contribution in [2.45, 2.75) is 51.5 Å². The number of nitrogens with zero attached hydrogens (tertiary/aromatic N) is 6. The molecule has 2 aliphatic heterocycles. The first-order valence-corrected chi connectivity index (χ1v) is 13.5. The minimum atomic E-state index is -0.720. The van der Waals surface area contributed by atoms with Gasteiger partial charge in [0.25, 0.3) is 5.91 Å². The van der Waals surface area contributed by atoms with E-state index in [-0.39, 0.29) is 30.1 Å². The Morgan fingerprint density at radius 3 is 2.80 bits per heavy atom. The molecule has 40 heavy (non-hydrogen) atoms. The third kappa shape index (κ3) is 7.30. The second-order valence-electron chi connectivity index (χ2n) is 10.3. The van der Waals surface area contributed by atoms with E-state index < -0.39 is 6.10 Å². The third-order valence-electron chi connectivity index (χ3n) is 7.29. The van der Waals surface area contributed by atoms with Crippen LogP contribution >= 0.6 is 0 Å². The Hall–Kier alpha value is -4.10. The van der Waals surface area contributed by atoms with Gasteiger partial charge in [-0.25, -0.2) is 9.97 Å². The van der Waals surface area contributed by atoms with Gasteiger partial charge in [-0.2, -0.15) is 0 Å². The second-order valence-corrected chi connectivity index (χ2v) is 10.3. The third-order valence-corrected chi connectivity index (χ3v) is 7.29. The van der Waals surface area contributed by atoms with Crippen molar-refractivity contribution in [3.63, 3.8) is 0 Å². The molecule has 0 unspecified atom stereocenters. The molecule has 4 N–H and O–H groups in total. The molecule has 1 fully saturated rings. The average molecular weight is 550 g/mol. The van der Waals surface area contributed by atoms with Crippen LogP contribution in [-0.4, -0.2) is 97.0 Å². The molecule has 4 heterocycles. The van der Waals surface area contributed by atoms with Crippen molar-refractivity contribution in [1.82, 2.24) is 40.5 Å². The number of aromatic nitrogens is 5. The van der Waals surface area contributed by atoms with Crippen molar-refractivity contribution in [1.29, 1.82) is 0 Å². The van der Waals surface area contributed by atoms with E-state index in [1.54, 1.807) is 19.2 Å². The molecule has 1 saturated heterocycles. The number of β-amino-alcohol motifs (C(OH)–C–C–N with tert-alkyl or cyclic N) is 1. The van der Waals surface area contributed by atoms with E-state index in [2.05, 4.69) is 53.0 Å². The lowest BCUT2D eigenvalue weighted by Gasteiger charge is -2.31. The largest absolute Gasteiger partial charge is 0.487 e. The number of rotatable bonds is 10. The molecule has 0 spiro atoms. The quantitative estimate of drug-likeness (QED) is 0.284. The Kier molecular flexibility index (Phi) is 8.81. The number of likely N-dealkylation sites (tertiary alicyclic amines) is 1. The first-order chi connectivity index (χ1) is 19.4. The van der Waals surface area contributed by atoms with E-state index in [9.17, 15) is 14.7 Å². The molecule has 0 saturated carbocycles. The van der Waals surface area contributed by atoms with Crippen molar-refractivity contribution < 1.29 is 19.4 Å². The number of H-pyrrole nitrogens is 1. The number of ether oxygens (including phenoxy) is 1. The van der Waals surface area contributed by atoms with Crippen molar-refractivity contribution in [2.24, 2.45) is 0 Å². The lowest BCUT2D eigenvalue weighted by atomic mass is 9.99. The fraction of sp³-hybridized carbons (Fsp3) is 0.481. The lowest BCUT2D eigenvalue weighted by molar-refractivity contribution is -0.129. The van der Waals surface area contributed by atoms with Gasteiger partial charge in [0, 0.05) is 58.3 Å². The molecule has 5 rings (SSSR count). The van der Waals surface area contributed by atoms with Crippen molar-refractivity contribution in [3.8, 4) is 5.75 Å². The van der Waals surface area contributed by atoms with Crippen LogP contribution in [0.25, 0.3) is 0 Å². The maximum Gasteiger partial charge on any atom is 0.270 e. The number of anilines is 1. The van der Waals surface area contributed by atoms with Gasteiger partial charge in [0.2, 0.25) is 5.91 Å². The fourth-order valence-corrected chi connectivity index (χ4v) is 5.06. The summed E-state index contributed by atoms with van der Waals surface area (Å²) in [7, 11) is 0. The second kappa shape index (κ2) is 12.8. The molecule has 3 aromatic rings. The highest BCUT2D eigenvalue weighted by Gasteiger charge is 2.22. The standard InChI is InChI=1S/C27H35N9O4/c1-18(37)36-8-5-21(6-9-36)32-26-11-25(29-17-30-26)27(39)28-13-23(38)15-35-7-4-19-10-24(3-2-20(19)14-35)40-16-22-12-31-34-33-22/h2-3,10-12,17,21,23,38H,4-9,13-16H2,1H3,(H,28,39)(H,29,30,32)(H,31,33,34)/t23-/m0/s1. The van der Waals surface area contributed by atoms with E-state index in [4.69, 9.17) is 4.74 Å². The summed E-state index contributed by atoms with van der Waals surface area (Å²) in [6.07, 6.45) is 4.75. The number of nitrogens with one attached hydrogen (secondary N) is 3. The van der Waals surface area contributed by atoms with Gasteiger partial charge in [-0.05, 0) is 42.5 Å². The number of piperidine rings is 1. The predicted octanol–water partition coefficient (Wildman–Crippen LogP) is 0.746. The molecule has 13 nitrogen and oxygen atoms in total. The maximum absolute atomic E-state index is 12.7. The summed E-state index contributed by atoms with van der Waals surface area (Å²) in [5, 5.41) is 27.0. The highest BCUT2D eigenvalue weighted by Crippen LogP contribution is 2.24. The molecule has 2 aromatic heterocycles. The molecular formula is C27H35N9O4. The van der Waals surface area contributed by atoms with Gasteiger partial charge in [0.05, 0.1) is 18.0 Å². The van der Waals surface area contributed by atoms with Crippen LogP contribution in [0.2, 0.25) is 0 Å². The zero-order valence-corrected chi connectivity index (χ0v) is 22.5. The smallest absolute Gasteiger partial charge is 0.270 e. The molecular weight excluding hydrogens is 514 g/mol. The van der Waals surface area contributed by atoms with E-state index in [0.29, 0.717) is 32.1 Å².